The lowest BCUT2D eigenvalue weighted by Crippen LogP contribution is -2.76. The first kappa shape index (κ1) is 25.8. The van der Waals surface area contributed by atoms with E-state index >= 15 is 0 Å². The predicted molar refractivity (Wildman–Crippen MR) is 138 cm³/mol. The van der Waals surface area contributed by atoms with Gasteiger partial charge < -0.3 is 15.1 Å². The number of urea groups is 1. The van der Waals surface area contributed by atoms with Gasteiger partial charge in [0.25, 0.3) is 0 Å². The summed E-state index contributed by atoms with van der Waals surface area (Å²) in [6, 6.07) is 9.07. The van der Waals surface area contributed by atoms with Crippen molar-refractivity contribution in [3.05, 3.63) is 35.9 Å². The molecular formula is C26H39N5O3S. The molecule has 0 aromatic heterocycles. The number of amides is 4. The van der Waals surface area contributed by atoms with Crippen molar-refractivity contribution in [1.29, 1.82) is 0 Å². The Morgan fingerprint density at radius 1 is 1.11 bits per heavy atom. The molecule has 0 bridgehead atoms. The van der Waals surface area contributed by atoms with Crippen molar-refractivity contribution in [1.82, 2.24) is 25.1 Å². The molecule has 0 spiro atoms. The molecule has 4 rings (SSSR count). The first-order chi connectivity index (χ1) is 17.0. The normalized spacial score (nSPS) is 24.0. The summed E-state index contributed by atoms with van der Waals surface area (Å²) in [5.74, 6) is 1.27. The smallest absolute Gasteiger partial charge is 0.334 e. The first-order valence-electron chi connectivity index (χ1n) is 13.0. The van der Waals surface area contributed by atoms with Crippen LogP contribution in [-0.4, -0.2) is 88.1 Å². The van der Waals surface area contributed by atoms with Gasteiger partial charge in [0.2, 0.25) is 11.8 Å². The van der Waals surface area contributed by atoms with Gasteiger partial charge in [-0.2, -0.15) is 11.8 Å². The number of nitrogens with one attached hydrogen (secondary N) is 1. The number of likely N-dealkylation sites (N-methyl/N-ethyl adjacent to an activating group) is 1. The van der Waals surface area contributed by atoms with Crippen LogP contribution >= 0.6 is 11.8 Å². The minimum absolute atomic E-state index is 0.0452. The van der Waals surface area contributed by atoms with Crippen molar-refractivity contribution in [3.8, 4) is 0 Å². The summed E-state index contributed by atoms with van der Waals surface area (Å²) in [6.07, 6.45) is 8.14. The topological polar surface area (TPSA) is 76.2 Å². The number of benzene rings is 1. The molecule has 1 N–H and O–H groups in total. The van der Waals surface area contributed by atoms with Gasteiger partial charge in [-0.25, -0.2) is 14.8 Å². The average Bonchev–Trinajstić information content (AvgIpc) is 2.88. The molecule has 2 aliphatic heterocycles. The third-order valence-corrected chi connectivity index (χ3v) is 8.13. The lowest BCUT2D eigenvalue weighted by atomic mass is 9.88. The molecule has 4 amide bonds. The number of piperazine rings is 1. The number of nitrogens with zero attached hydrogens (tertiary/aromatic N) is 4. The van der Waals surface area contributed by atoms with Crippen molar-refractivity contribution < 1.29 is 14.4 Å². The van der Waals surface area contributed by atoms with E-state index in [-0.39, 0.29) is 24.4 Å². The van der Waals surface area contributed by atoms with E-state index in [1.54, 1.807) is 21.7 Å². The number of hydrogen-bond donors (Lipinski definition) is 1. The summed E-state index contributed by atoms with van der Waals surface area (Å²) in [7, 11) is 0. The van der Waals surface area contributed by atoms with Gasteiger partial charge in [-0.3, -0.25) is 9.59 Å². The summed E-state index contributed by atoms with van der Waals surface area (Å²) < 4.78 is 0. The maximum Gasteiger partial charge on any atom is 0.334 e. The highest BCUT2D eigenvalue weighted by atomic mass is 32.2. The van der Waals surface area contributed by atoms with Gasteiger partial charge in [0.1, 0.15) is 12.2 Å². The largest absolute Gasteiger partial charge is 0.337 e. The second kappa shape index (κ2) is 12.1. The molecule has 35 heavy (non-hydrogen) atoms. The molecule has 9 heteroatoms. The highest BCUT2D eigenvalue weighted by molar-refractivity contribution is 7.98. The van der Waals surface area contributed by atoms with Gasteiger partial charge in [-0.1, -0.05) is 56.5 Å². The second-order valence-electron chi connectivity index (χ2n) is 9.80. The molecular weight excluding hydrogens is 462 g/mol. The van der Waals surface area contributed by atoms with Crippen LogP contribution in [0, 0.1) is 5.92 Å². The fourth-order valence-corrected chi connectivity index (χ4v) is 6.13. The number of hydrazine groups is 1. The molecule has 2 heterocycles. The standard InChI is InChI=1S/C26H39N5O3S/c1-3-29-19-24(32)30-22(14-15-35-2)25(33)28(17-21-12-8-5-9-13-21)18-23(30)31(29)26(34)27-16-20-10-6-4-7-11-20/h4,6-7,10-11,21-23H,3,5,8-9,12-19H2,1-2H3,(H,27,34)/t22-,23-/m0/s1. The van der Waals surface area contributed by atoms with Crippen LogP contribution in [0.25, 0.3) is 0 Å². The molecule has 1 saturated carbocycles. The summed E-state index contributed by atoms with van der Waals surface area (Å²) in [5.41, 5.74) is 1.02. The maximum absolute atomic E-state index is 13.6. The Morgan fingerprint density at radius 2 is 1.86 bits per heavy atom. The highest BCUT2D eigenvalue weighted by Gasteiger charge is 2.51. The molecule has 0 unspecified atom stereocenters. The number of fused-ring (bicyclic) bond motifs is 1. The van der Waals surface area contributed by atoms with Crippen molar-refractivity contribution >= 4 is 29.6 Å². The van der Waals surface area contributed by atoms with Crippen LogP contribution < -0.4 is 5.32 Å². The molecule has 1 aromatic rings. The zero-order valence-corrected chi connectivity index (χ0v) is 21.8. The number of rotatable bonds is 8. The quantitative estimate of drug-likeness (QED) is 0.592. The van der Waals surface area contributed by atoms with E-state index in [2.05, 4.69) is 5.32 Å². The van der Waals surface area contributed by atoms with E-state index in [4.69, 9.17) is 0 Å². The Morgan fingerprint density at radius 3 is 2.54 bits per heavy atom. The van der Waals surface area contributed by atoms with Crippen molar-refractivity contribution in [2.24, 2.45) is 5.92 Å². The monoisotopic (exact) mass is 501 g/mol. The van der Waals surface area contributed by atoms with Gasteiger partial charge >= 0.3 is 6.03 Å². The first-order valence-corrected chi connectivity index (χ1v) is 14.4. The van der Waals surface area contributed by atoms with Crippen LogP contribution in [0.3, 0.4) is 0 Å². The van der Waals surface area contributed by atoms with Gasteiger partial charge in [-0.05, 0) is 42.8 Å². The number of thioether (sulfide) groups is 1. The van der Waals surface area contributed by atoms with Crippen LogP contribution in [-0.2, 0) is 16.1 Å². The van der Waals surface area contributed by atoms with Crippen molar-refractivity contribution in [2.45, 2.75) is 64.2 Å². The number of carbonyl (C=O) groups excluding carboxylic acids is 3. The Balaban J connectivity index is 1.58. The molecule has 8 nitrogen and oxygen atoms in total. The minimum Gasteiger partial charge on any atom is -0.337 e. The van der Waals surface area contributed by atoms with Crippen LogP contribution in [0.2, 0.25) is 0 Å². The van der Waals surface area contributed by atoms with E-state index in [1.165, 1.54) is 19.3 Å². The molecule has 2 atom stereocenters. The SMILES string of the molecule is CCN1CC(=O)N2[C@@H](CCSC)C(=O)N(CC3CCCCC3)C[C@@H]2N1C(=O)NCc1ccccc1. The van der Waals surface area contributed by atoms with Crippen LogP contribution in [0.4, 0.5) is 4.79 Å². The molecule has 2 saturated heterocycles. The second-order valence-corrected chi connectivity index (χ2v) is 10.8. The van der Waals surface area contributed by atoms with Crippen LogP contribution in [0.15, 0.2) is 30.3 Å². The van der Waals surface area contributed by atoms with Crippen molar-refractivity contribution in [3.63, 3.8) is 0 Å². The molecule has 1 aromatic carbocycles. The predicted octanol–water partition coefficient (Wildman–Crippen LogP) is 3.15. The molecule has 192 valence electrons. The summed E-state index contributed by atoms with van der Waals surface area (Å²) in [4.78, 5) is 44.1. The van der Waals surface area contributed by atoms with E-state index in [0.717, 1.165) is 30.7 Å². The Kier molecular flexibility index (Phi) is 8.94. The van der Waals surface area contributed by atoms with E-state index in [0.29, 0.717) is 32.0 Å². The molecule has 0 radical (unpaired) electrons. The van der Waals surface area contributed by atoms with E-state index < -0.39 is 12.2 Å². The van der Waals surface area contributed by atoms with Crippen molar-refractivity contribution in [2.75, 3.05) is 38.2 Å². The zero-order chi connectivity index (χ0) is 24.8. The minimum atomic E-state index is -0.513. The Bertz CT molecular complexity index is 879. The highest BCUT2D eigenvalue weighted by Crippen LogP contribution is 2.31. The average molecular weight is 502 g/mol. The third-order valence-electron chi connectivity index (χ3n) is 7.49. The number of carbonyl (C=O) groups is 3. The maximum atomic E-state index is 13.6. The lowest BCUT2D eigenvalue weighted by molar-refractivity contribution is -0.190. The van der Waals surface area contributed by atoms with Crippen LogP contribution in [0.1, 0.15) is 51.0 Å². The Labute approximate surface area is 213 Å². The Hall–Kier alpha value is -2.26. The van der Waals surface area contributed by atoms with E-state index in [1.807, 2.05) is 53.4 Å². The third kappa shape index (κ3) is 5.94. The number of hydrogen-bond acceptors (Lipinski definition) is 5. The summed E-state index contributed by atoms with van der Waals surface area (Å²) in [5, 5.41) is 6.57. The van der Waals surface area contributed by atoms with Gasteiger partial charge in [-0.15, -0.1) is 0 Å². The van der Waals surface area contributed by atoms with Gasteiger partial charge in [0.05, 0.1) is 13.1 Å². The fourth-order valence-electron chi connectivity index (χ4n) is 5.67. The van der Waals surface area contributed by atoms with Crippen LogP contribution in [0.5, 0.6) is 0 Å². The lowest BCUT2D eigenvalue weighted by Gasteiger charge is -2.55. The zero-order valence-electron chi connectivity index (χ0n) is 21.0. The molecule has 3 aliphatic rings. The summed E-state index contributed by atoms with van der Waals surface area (Å²) >= 11 is 1.68. The molecule has 3 fully saturated rings. The van der Waals surface area contributed by atoms with Gasteiger partial charge in [0.15, 0.2) is 0 Å². The van der Waals surface area contributed by atoms with Gasteiger partial charge in [0, 0.05) is 19.6 Å². The summed E-state index contributed by atoms with van der Waals surface area (Å²) in [6.45, 7) is 4.11. The molecule has 1 aliphatic carbocycles. The van der Waals surface area contributed by atoms with E-state index in [9.17, 15) is 14.4 Å². The fraction of sp³-hybridized carbons (Fsp3) is 0.654.